The number of ether oxygens (including phenoxy) is 2. The topological polar surface area (TPSA) is 55.8 Å². The van der Waals surface area contributed by atoms with Crippen molar-refractivity contribution in [3.63, 3.8) is 0 Å². The number of unbranched alkanes of at least 4 members (excludes halogenated alkanes) is 25. The van der Waals surface area contributed by atoms with Gasteiger partial charge in [-0.15, -0.1) is 0 Å². The molecule has 0 amide bonds. The average Bonchev–Trinajstić information content (AvgIpc) is 3.00. The number of esters is 1. The monoisotopic (exact) mass is 595 g/mol. The third-order valence-corrected chi connectivity index (χ3v) is 8.34. The Hall–Kier alpha value is -0.870. The van der Waals surface area contributed by atoms with Crippen LogP contribution in [0.3, 0.4) is 0 Å². The lowest BCUT2D eigenvalue weighted by molar-refractivity contribution is -0.154. The van der Waals surface area contributed by atoms with Gasteiger partial charge in [0.25, 0.3) is 0 Å². The Balaban J connectivity index is 3.41. The number of carbonyl (C=O) groups excluding carboxylic acids is 1. The van der Waals surface area contributed by atoms with Gasteiger partial charge in [0.2, 0.25) is 0 Å². The second-order valence-corrected chi connectivity index (χ2v) is 12.7. The first kappa shape index (κ1) is 41.1. The summed E-state index contributed by atoms with van der Waals surface area (Å²) in [6.45, 7) is 5.35. The van der Waals surface area contributed by atoms with Crippen LogP contribution >= 0.6 is 0 Å². The molecule has 0 rings (SSSR count). The van der Waals surface area contributed by atoms with Crippen LogP contribution in [-0.4, -0.2) is 37.0 Å². The van der Waals surface area contributed by atoms with Crippen molar-refractivity contribution in [3.8, 4) is 0 Å². The molecule has 1 unspecified atom stereocenters. The minimum absolute atomic E-state index is 0.169. The number of aliphatic hydroxyl groups excluding tert-OH is 1. The van der Waals surface area contributed by atoms with Crippen LogP contribution in [0, 0.1) is 0 Å². The van der Waals surface area contributed by atoms with Crippen LogP contribution in [0.5, 0.6) is 0 Å². The molecule has 0 spiro atoms. The van der Waals surface area contributed by atoms with Crippen LogP contribution < -0.4 is 0 Å². The fourth-order valence-corrected chi connectivity index (χ4v) is 5.50. The fourth-order valence-electron chi connectivity index (χ4n) is 5.50. The van der Waals surface area contributed by atoms with Gasteiger partial charge < -0.3 is 14.6 Å². The molecule has 0 bridgehead atoms. The van der Waals surface area contributed by atoms with E-state index in [1.165, 1.54) is 161 Å². The van der Waals surface area contributed by atoms with Crippen molar-refractivity contribution in [2.75, 3.05) is 19.8 Å². The summed E-state index contributed by atoms with van der Waals surface area (Å²) in [4.78, 5) is 12.1. The lowest BCUT2D eigenvalue weighted by Crippen LogP contribution is -2.27. The normalized spacial score (nSPS) is 12.4. The zero-order chi connectivity index (χ0) is 30.6. The van der Waals surface area contributed by atoms with E-state index in [1.54, 1.807) is 0 Å². The predicted octanol–water partition coefficient (Wildman–Crippen LogP) is 11.8. The highest BCUT2D eigenvalue weighted by molar-refractivity contribution is 5.69. The van der Waals surface area contributed by atoms with Crippen LogP contribution in [-0.2, 0) is 14.3 Å². The Morgan fingerprint density at radius 3 is 1.38 bits per heavy atom. The summed E-state index contributed by atoms with van der Waals surface area (Å²) >= 11 is 0. The van der Waals surface area contributed by atoms with E-state index in [-0.39, 0.29) is 12.6 Å². The minimum atomic E-state index is -0.529. The standard InChI is InChI=1S/C38H74O4/c1-3-5-7-9-11-13-15-17-19-20-21-23-25-27-29-31-33-38(40)42-37(35-39)36-41-34-32-30-28-26-24-22-18-16-14-12-10-8-6-4-2/h14,16,37,39H,3-13,15,17-36H2,1-2H3/b16-14-. The Bertz CT molecular complexity index is 547. The van der Waals surface area contributed by atoms with Gasteiger partial charge in [-0.2, -0.15) is 0 Å². The SMILES string of the molecule is CCCCCC/C=C\CCCCCCCCOCC(CO)OC(=O)CCCCCCCCCCCCCCCCCC. The van der Waals surface area contributed by atoms with E-state index in [2.05, 4.69) is 26.0 Å². The van der Waals surface area contributed by atoms with Gasteiger partial charge in [0.05, 0.1) is 13.2 Å². The fraction of sp³-hybridized carbons (Fsp3) is 0.921. The molecular weight excluding hydrogens is 520 g/mol. The van der Waals surface area contributed by atoms with E-state index in [0.717, 1.165) is 19.3 Å². The quantitative estimate of drug-likeness (QED) is 0.0450. The molecule has 0 radical (unpaired) electrons. The van der Waals surface area contributed by atoms with E-state index >= 15 is 0 Å². The molecule has 0 saturated heterocycles. The molecule has 250 valence electrons. The zero-order valence-corrected chi connectivity index (χ0v) is 28.5. The molecule has 0 saturated carbocycles. The van der Waals surface area contributed by atoms with Gasteiger partial charge in [-0.1, -0.05) is 167 Å². The summed E-state index contributed by atoms with van der Waals surface area (Å²) in [6.07, 6.45) is 41.1. The molecule has 0 heterocycles. The number of hydrogen-bond acceptors (Lipinski definition) is 4. The van der Waals surface area contributed by atoms with Gasteiger partial charge in [-0.25, -0.2) is 0 Å². The molecule has 0 aromatic carbocycles. The number of hydrogen-bond donors (Lipinski definition) is 1. The van der Waals surface area contributed by atoms with Crippen LogP contribution in [0.25, 0.3) is 0 Å². The molecule has 4 nitrogen and oxygen atoms in total. The van der Waals surface area contributed by atoms with E-state index in [4.69, 9.17) is 9.47 Å². The third kappa shape index (κ3) is 33.6. The van der Waals surface area contributed by atoms with E-state index < -0.39 is 6.10 Å². The van der Waals surface area contributed by atoms with Crippen LogP contribution in [0.1, 0.15) is 200 Å². The third-order valence-electron chi connectivity index (χ3n) is 8.34. The maximum Gasteiger partial charge on any atom is 0.306 e. The maximum atomic E-state index is 12.1. The molecule has 42 heavy (non-hydrogen) atoms. The number of rotatable bonds is 35. The lowest BCUT2D eigenvalue weighted by atomic mass is 10.0. The molecule has 1 N–H and O–H groups in total. The first-order chi connectivity index (χ1) is 20.7. The van der Waals surface area contributed by atoms with Crippen molar-refractivity contribution in [1.82, 2.24) is 0 Å². The molecule has 4 heteroatoms. The highest BCUT2D eigenvalue weighted by Crippen LogP contribution is 2.14. The smallest absolute Gasteiger partial charge is 0.306 e. The van der Waals surface area contributed by atoms with Crippen molar-refractivity contribution < 1.29 is 19.4 Å². The number of aliphatic hydroxyl groups is 1. The maximum absolute atomic E-state index is 12.1. The molecule has 0 fully saturated rings. The van der Waals surface area contributed by atoms with Crippen molar-refractivity contribution in [2.24, 2.45) is 0 Å². The van der Waals surface area contributed by atoms with Crippen LogP contribution in [0.2, 0.25) is 0 Å². The van der Waals surface area contributed by atoms with Gasteiger partial charge in [0.1, 0.15) is 6.10 Å². The summed E-state index contributed by atoms with van der Waals surface area (Å²) < 4.78 is 11.1. The van der Waals surface area contributed by atoms with Crippen molar-refractivity contribution in [2.45, 2.75) is 206 Å². The number of allylic oxidation sites excluding steroid dienone is 2. The Morgan fingerprint density at radius 2 is 0.929 bits per heavy atom. The highest BCUT2D eigenvalue weighted by Gasteiger charge is 2.13. The minimum Gasteiger partial charge on any atom is -0.457 e. The second kappa shape index (κ2) is 36.3. The van der Waals surface area contributed by atoms with Crippen LogP contribution in [0.4, 0.5) is 0 Å². The second-order valence-electron chi connectivity index (χ2n) is 12.7. The average molecular weight is 595 g/mol. The largest absolute Gasteiger partial charge is 0.457 e. The first-order valence-electron chi connectivity index (χ1n) is 18.8. The molecule has 0 aliphatic heterocycles. The van der Waals surface area contributed by atoms with E-state index in [9.17, 15) is 9.90 Å². The summed E-state index contributed by atoms with van der Waals surface area (Å²) in [5.74, 6) is -0.200. The van der Waals surface area contributed by atoms with Gasteiger partial charge in [-0.05, 0) is 38.5 Å². The molecule has 1 atom stereocenters. The summed E-state index contributed by atoms with van der Waals surface area (Å²) in [5.41, 5.74) is 0. The van der Waals surface area contributed by atoms with Crippen LogP contribution in [0.15, 0.2) is 12.2 Å². The summed E-state index contributed by atoms with van der Waals surface area (Å²) in [7, 11) is 0. The first-order valence-corrected chi connectivity index (χ1v) is 18.8. The van der Waals surface area contributed by atoms with Gasteiger partial charge in [0.15, 0.2) is 0 Å². The van der Waals surface area contributed by atoms with Gasteiger partial charge >= 0.3 is 5.97 Å². The van der Waals surface area contributed by atoms with E-state index in [0.29, 0.717) is 19.6 Å². The van der Waals surface area contributed by atoms with Crippen molar-refractivity contribution in [1.29, 1.82) is 0 Å². The molecule has 0 aliphatic carbocycles. The van der Waals surface area contributed by atoms with Gasteiger partial charge in [-0.3, -0.25) is 4.79 Å². The Morgan fingerprint density at radius 1 is 0.548 bits per heavy atom. The predicted molar refractivity (Wildman–Crippen MR) is 182 cm³/mol. The lowest BCUT2D eigenvalue weighted by Gasteiger charge is -2.15. The highest BCUT2D eigenvalue weighted by atomic mass is 16.6. The number of carbonyl (C=O) groups is 1. The Kier molecular flexibility index (Phi) is 35.6. The Labute approximate surface area is 263 Å². The zero-order valence-electron chi connectivity index (χ0n) is 28.5. The van der Waals surface area contributed by atoms with Gasteiger partial charge in [0, 0.05) is 13.0 Å². The summed E-state index contributed by atoms with van der Waals surface area (Å²) in [5, 5.41) is 9.55. The summed E-state index contributed by atoms with van der Waals surface area (Å²) in [6, 6.07) is 0. The van der Waals surface area contributed by atoms with Crippen molar-refractivity contribution >= 4 is 5.97 Å². The molecular formula is C38H74O4. The molecule has 0 aromatic rings. The molecule has 0 aromatic heterocycles. The van der Waals surface area contributed by atoms with E-state index in [1.807, 2.05) is 0 Å². The van der Waals surface area contributed by atoms with Crippen molar-refractivity contribution in [3.05, 3.63) is 12.2 Å². The molecule has 0 aliphatic rings.